The summed E-state index contributed by atoms with van der Waals surface area (Å²) >= 11 is 6.08. The molecule has 0 aliphatic rings. The molecule has 20 heavy (non-hydrogen) atoms. The Labute approximate surface area is 126 Å². The molecule has 2 atom stereocenters. The highest BCUT2D eigenvalue weighted by atomic mass is 35.5. The zero-order chi connectivity index (χ0) is 14.7. The van der Waals surface area contributed by atoms with Crippen LogP contribution in [0.4, 0.5) is 5.69 Å². The molecule has 0 bridgehead atoms. The van der Waals surface area contributed by atoms with Gasteiger partial charge in [0.25, 0.3) is 0 Å². The summed E-state index contributed by atoms with van der Waals surface area (Å²) in [7, 11) is 2.09. The molecule has 0 heterocycles. The van der Waals surface area contributed by atoms with Gasteiger partial charge < -0.3 is 10.6 Å². The van der Waals surface area contributed by atoms with Crippen molar-refractivity contribution < 1.29 is 0 Å². The second-order valence-electron chi connectivity index (χ2n) is 5.19. The number of rotatable bonds is 4. The molecule has 2 aromatic carbocycles. The van der Waals surface area contributed by atoms with Gasteiger partial charge in [-0.3, -0.25) is 0 Å². The van der Waals surface area contributed by atoms with Crippen LogP contribution in [0.2, 0.25) is 5.02 Å². The molecule has 2 aromatic rings. The first-order chi connectivity index (χ1) is 9.50. The second-order valence-corrected chi connectivity index (χ2v) is 5.63. The SMILES string of the molecule is CC(N)c1ccccc1N(C)C(C)c1cccc(Cl)c1. The van der Waals surface area contributed by atoms with Crippen molar-refractivity contribution in [2.75, 3.05) is 11.9 Å². The van der Waals surface area contributed by atoms with Gasteiger partial charge in [-0.05, 0) is 43.2 Å². The smallest absolute Gasteiger partial charge is 0.0511 e. The molecular weight excluding hydrogens is 268 g/mol. The van der Waals surface area contributed by atoms with Crippen molar-refractivity contribution in [1.82, 2.24) is 0 Å². The monoisotopic (exact) mass is 288 g/mol. The van der Waals surface area contributed by atoms with Gasteiger partial charge in [-0.15, -0.1) is 0 Å². The van der Waals surface area contributed by atoms with Crippen LogP contribution in [0.3, 0.4) is 0 Å². The van der Waals surface area contributed by atoms with E-state index < -0.39 is 0 Å². The molecular formula is C17H21ClN2. The van der Waals surface area contributed by atoms with Crippen LogP contribution in [0.1, 0.15) is 37.1 Å². The summed E-state index contributed by atoms with van der Waals surface area (Å²) in [6.45, 7) is 4.18. The Balaban J connectivity index is 2.34. The molecule has 0 aliphatic heterocycles. The largest absolute Gasteiger partial charge is 0.368 e. The van der Waals surface area contributed by atoms with E-state index in [2.05, 4.69) is 37.1 Å². The second kappa shape index (κ2) is 6.29. The van der Waals surface area contributed by atoms with E-state index in [-0.39, 0.29) is 12.1 Å². The highest BCUT2D eigenvalue weighted by Gasteiger charge is 2.16. The lowest BCUT2D eigenvalue weighted by Crippen LogP contribution is -2.24. The molecule has 3 heteroatoms. The predicted molar refractivity (Wildman–Crippen MR) is 87.3 cm³/mol. The Hall–Kier alpha value is -1.51. The highest BCUT2D eigenvalue weighted by Crippen LogP contribution is 2.31. The van der Waals surface area contributed by atoms with Crippen LogP contribution in [-0.4, -0.2) is 7.05 Å². The minimum absolute atomic E-state index is 0.0141. The van der Waals surface area contributed by atoms with Crippen molar-refractivity contribution in [1.29, 1.82) is 0 Å². The molecule has 106 valence electrons. The average molecular weight is 289 g/mol. The lowest BCUT2D eigenvalue weighted by atomic mass is 10.0. The van der Waals surface area contributed by atoms with E-state index in [9.17, 15) is 0 Å². The zero-order valence-electron chi connectivity index (χ0n) is 12.2. The van der Waals surface area contributed by atoms with E-state index in [4.69, 9.17) is 17.3 Å². The summed E-state index contributed by atoms with van der Waals surface area (Å²) in [4.78, 5) is 2.24. The summed E-state index contributed by atoms with van der Waals surface area (Å²) in [5.41, 5.74) is 9.58. The van der Waals surface area contributed by atoms with E-state index in [1.807, 2.05) is 37.3 Å². The lowest BCUT2D eigenvalue weighted by molar-refractivity contribution is 0.723. The van der Waals surface area contributed by atoms with E-state index in [1.54, 1.807) is 0 Å². The third-order valence-corrected chi connectivity index (χ3v) is 3.95. The van der Waals surface area contributed by atoms with Crippen LogP contribution in [0.5, 0.6) is 0 Å². The molecule has 2 rings (SSSR count). The number of nitrogens with zero attached hydrogens (tertiary/aromatic N) is 1. The molecule has 0 aromatic heterocycles. The summed E-state index contributed by atoms with van der Waals surface area (Å²) in [6, 6.07) is 16.5. The van der Waals surface area contributed by atoms with Crippen LogP contribution in [0.15, 0.2) is 48.5 Å². The third-order valence-electron chi connectivity index (χ3n) is 3.72. The van der Waals surface area contributed by atoms with Gasteiger partial charge in [-0.2, -0.15) is 0 Å². The van der Waals surface area contributed by atoms with Gasteiger partial charge in [-0.1, -0.05) is 41.9 Å². The Kier molecular flexibility index (Phi) is 4.69. The minimum atomic E-state index is 0.0141. The Bertz CT molecular complexity index is 581. The number of hydrogen-bond donors (Lipinski definition) is 1. The molecule has 2 nitrogen and oxygen atoms in total. The molecule has 0 amide bonds. The Morgan fingerprint density at radius 1 is 1.05 bits per heavy atom. The lowest BCUT2D eigenvalue weighted by Gasteiger charge is -2.30. The van der Waals surface area contributed by atoms with Crippen LogP contribution in [-0.2, 0) is 0 Å². The van der Waals surface area contributed by atoms with Gasteiger partial charge in [0.2, 0.25) is 0 Å². The van der Waals surface area contributed by atoms with Gasteiger partial charge >= 0.3 is 0 Å². The van der Waals surface area contributed by atoms with Crippen molar-refractivity contribution in [3.63, 3.8) is 0 Å². The topological polar surface area (TPSA) is 29.3 Å². The van der Waals surface area contributed by atoms with E-state index >= 15 is 0 Å². The maximum atomic E-state index is 6.08. The van der Waals surface area contributed by atoms with Crippen LogP contribution >= 0.6 is 11.6 Å². The highest BCUT2D eigenvalue weighted by molar-refractivity contribution is 6.30. The van der Waals surface area contributed by atoms with Crippen molar-refractivity contribution in [3.05, 3.63) is 64.7 Å². The van der Waals surface area contributed by atoms with Crippen LogP contribution in [0.25, 0.3) is 0 Å². The molecule has 2 N–H and O–H groups in total. The first-order valence-corrected chi connectivity index (χ1v) is 7.21. The molecule has 0 fully saturated rings. The maximum absolute atomic E-state index is 6.08. The number of nitrogens with two attached hydrogens (primary N) is 1. The fourth-order valence-electron chi connectivity index (χ4n) is 2.39. The fourth-order valence-corrected chi connectivity index (χ4v) is 2.59. The van der Waals surface area contributed by atoms with Gasteiger partial charge in [0.1, 0.15) is 0 Å². The predicted octanol–water partition coefficient (Wildman–Crippen LogP) is 4.56. The summed E-state index contributed by atoms with van der Waals surface area (Å²) in [5, 5.41) is 0.767. The fraction of sp³-hybridized carbons (Fsp3) is 0.294. The number of anilines is 1. The maximum Gasteiger partial charge on any atom is 0.0511 e. The number of halogens is 1. The van der Waals surface area contributed by atoms with Gasteiger partial charge in [-0.25, -0.2) is 0 Å². The molecule has 0 saturated carbocycles. The van der Waals surface area contributed by atoms with Crippen molar-refractivity contribution in [2.24, 2.45) is 5.73 Å². The standard InChI is InChI=1S/C17H21ClN2/c1-12(19)16-9-4-5-10-17(16)20(3)13(2)14-7-6-8-15(18)11-14/h4-13H,19H2,1-3H3. The van der Waals surface area contributed by atoms with Crippen LogP contribution in [0, 0.1) is 0 Å². The minimum Gasteiger partial charge on any atom is -0.368 e. The summed E-state index contributed by atoms with van der Waals surface area (Å²) < 4.78 is 0. The molecule has 0 saturated heterocycles. The quantitative estimate of drug-likeness (QED) is 0.894. The van der Waals surface area contributed by atoms with Gasteiger partial charge in [0.05, 0.1) is 6.04 Å². The third kappa shape index (κ3) is 3.14. The molecule has 0 spiro atoms. The first-order valence-electron chi connectivity index (χ1n) is 6.83. The summed E-state index contributed by atoms with van der Waals surface area (Å²) in [6.07, 6.45) is 0. The first kappa shape index (κ1) is 14.9. The zero-order valence-corrected chi connectivity index (χ0v) is 12.9. The van der Waals surface area contributed by atoms with Gasteiger partial charge in [0, 0.05) is 23.8 Å². The van der Waals surface area contributed by atoms with Gasteiger partial charge in [0.15, 0.2) is 0 Å². The number of hydrogen-bond acceptors (Lipinski definition) is 2. The molecule has 2 unspecified atom stereocenters. The Morgan fingerprint density at radius 2 is 1.75 bits per heavy atom. The molecule has 0 radical (unpaired) electrons. The average Bonchev–Trinajstić information content (AvgIpc) is 2.45. The van der Waals surface area contributed by atoms with Crippen molar-refractivity contribution >= 4 is 17.3 Å². The number of para-hydroxylation sites is 1. The summed E-state index contributed by atoms with van der Waals surface area (Å²) in [5.74, 6) is 0. The van der Waals surface area contributed by atoms with Crippen molar-refractivity contribution in [3.8, 4) is 0 Å². The Morgan fingerprint density at radius 3 is 2.40 bits per heavy atom. The van der Waals surface area contributed by atoms with E-state index in [0.717, 1.165) is 16.3 Å². The van der Waals surface area contributed by atoms with Crippen molar-refractivity contribution in [2.45, 2.75) is 25.9 Å². The number of benzene rings is 2. The molecule has 0 aliphatic carbocycles. The normalized spacial score (nSPS) is 13.8. The van der Waals surface area contributed by atoms with E-state index in [0.29, 0.717) is 0 Å². The van der Waals surface area contributed by atoms with Crippen LogP contribution < -0.4 is 10.6 Å². The van der Waals surface area contributed by atoms with E-state index in [1.165, 1.54) is 5.56 Å².